The van der Waals surface area contributed by atoms with Gasteiger partial charge in [0.2, 0.25) is 0 Å². The van der Waals surface area contributed by atoms with Crippen molar-refractivity contribution in [2.24, 2.45) is 5.92 Å². The summed E-state index contributed by atoms with van der Waals surface area (Å²) >= 11 is 6.04. The third kappa shape index (κ3) is 2.73. The highest BCUT2D eigenvalue weighted by molar-refractivity contribution is 6.31. The molecule has 0 spiro atoms. The molecule has 1 aliphatic rings. The lowest BCUT2D eigenvalue weighted by Gasteiger charge is -2.24. The molecule has 3 rings (SSSR count). The summed E-state index contributed by atoms with van der Waals surface area (Å²) in [4.78, 5) is 25.1. The van der Waals surface area contributed by atoms with Gasteiger partial charge in [-0.15, -0.1) is 0 Å². The first-order valence-electron chi connectivity index (χ1n) is 6.94. The van der Waals surface area contributed by atoms with E-state index in [2.05, 4.69) is 26.8 Å². The van der Waals surface area contributed by atoms with E-state index in [1.807, 2.05) is 6.92 Å². The Morgan fingerprint density at radius 1 is 1.52 bits per heavy atom. The van der Waals surface area contributed by atoms with Gasteiger partial charge in [-0.2, -0.15) is 4.98 Å². The van der Waals surface area contributed by atoms with Crippen LogP contribution >= 0.6 is 11.6 Å². The van der Waals surface area contributed by atoms with E-state index < -0.39 is 0 Å². The van der Waals surface area contributed by atoms with Crippen LogP contribution in [0.25, 0.3) is 10.9 Å². The quantitative estimate of drug-likeness (QED) is 0.813. The lowest BCUT2D eigenvalue weighted by atomic mass is 10.1. The number of hydrogen-bond donors (Lipinski definition) is 1. The van der Waals surface area contributed by atoms with E-state index in [1.54, 1.807) is 6.20 Å². The molecular formula is C14H17ClN4O2. The molecule has 7 heteroatoms. The first kappa shape index (κ1) is 14.3. The lowest BCUT2D eigenvalue weighted by Crippen LogP contribution is -2.32. The summed E-state index contributed by atoms with van der Waals surface area (Å²) in [5.74, 6) is 1.03. The monoisotopic (exact) mass is 308 g/mol. The number of aryl methyl sites for hydroxylation is 1. The highest BCUT2D eigenvalue weighted by Crippen LogP contribution is 2.27. The molecule has 0 aromatic carbocycles. The van der Waals surface area contributed by atoms with E-state index in [4.69, 9.17) is 16.3 Å². The Hall–Kier alpha value is -1.66. The molecule has 1 atom stereocenters. The smallest absolute Gasteiger partial charge is 0.347 e. The fourth-order valence-corrected chi connectivity index (χ4v) is 2.77. The van der Waals surface area contributed by atoms with Gasteiger partial charge >= 0.3 is 5.69 Å². The average molecular weight is 309 g/mol. The van der Waals surface area contributed by atoms with Crippen LogP contribution < -0.4 is 10.6 Å². The number of fused-ring (bicyclic) bond motifs is 1. The Kier molecular flexibility index (Phi) is 3.82. The number of ether oxygens (including phenoxy) is 1. The van der Waals surface area contributed by atoms with Crippen molar-refractivity contribution in [3.05, 3.63) is 27.4 Å². The van der Waals surface area contributed by atoms with Gasteiger partial charge in [0, 0.05) is 24.8 Å². The van der Waals surface area contributed by atoms with Gasteiger partial charge in [-0.05, 0) is 12.8 Å². The van der Waals surface area contributed by atoms with Crippen LogP contribution in [0.4, 0.5) is 5.82 Å². The second kappa shape index (κ2) is 5.61. The number of hydrogen-bond acceptors (Lipinski definition) is 5. The summed E-state index contributed by atoms with van der Waals surface area (Å²) in [6.45, 7) is 6.81. The van der Waals surface area contributed by atoms with Gasteiger partial charge in [-0.25, -0.2) is 9.78 Å². The first-order valence-corrected chi connectivity index (χ1v) is 7.32. The molecule has 2 aromatic rings. The van der Waals surface area contributed by atoms with Gasteiger partial charge in [0.15, 0.2) is 0 Å². The van der Waals surface area contributed by atoms with Gasteiger partial charge in [-0.3, -0.25) is 0 Å². The number of aromatic amines is 1. The Balaban J connectivity index is 2.17. The maximum Gasteiger partial charge on any atom is 0.347 e. The van der Waals surface area contributed by atoms with E-state index >= 15 is 0 Å². The highest BCUT2D eigenvalue weighted by Gasteiger charge is 2.20. The molecule has 1 saturated heterocycles. The summed E-state index contributed by atoms with van der Waals surface area (Å²) in [6, 6.07) is 0. The van der Waals surface area contributed by atoms with Crippen molar-refractivity contribution in [1.82, 2.24) is 15.0 Å². The molecule has 0 saturated carbocycles. The largest absolute Gasteiger partial charge is 0.379 e. The molecule has 6 nitrogen and oxygen atoms in total. The van der Waals surface area contributed by atoms with Crippen LogP contribution in [0.3, 0.4) is 0 Å². The van der Waals surface area contributed by atoms with Crippen molar-refractivity contribution in [3.8, 4) is 0 Å². The summed E-state index contributed by atoms with van der Waals surface area (Å²) in [5, 5.41) is 1.20. The predicted molar refractivity (Wildman–Crippen MR) is 82.1 cm³/mol. The van der Waals surface area contributed by atoms with Crippen molar-refractivity contribution in [3.63, 3.8) is 0 Å². The van der Waals surface area contributed by atoms with Gasteiger partial charge in [0.25, 0.3) is 0 Å². The average Bonchev–Trinajstić information content (AvgIpc) is 2.67. The fraction of sp³-hybridized carbons (Fsp3) is 0.500. The van der Waals surface area contributed by atoms with Crippen LogP contribution in [0, 0.1) is 12.8 Å². The maximum atomic E-state index is 11.9. The van der Waals surface area contributed by atoms with Crippen molar-refractivity contribution < 1.29 is 4.74 Å². The molecule has 3 heterocycles. The molecule has 0 bridgehead atoms. The molecule has 1 aliphatic heterocycles. The van der Waals surface area contributed by atoms with Crippen molar-refractivity contribution in [2.45, 2.75) is 13.8 Å². The number of nitrogens with one attached hydrogen (secondary N) is 1. The minimum atomic E-state index is -0.374. The van der Waals surface area contributed by atoms with Crippen LogP contribution in [-0.4, -0.2) is 41.3 Å². The highest BCUT2D eigenvalue weighted by atomic mass is 35.5. The molecule has 1 unspecified atom stereocenters. The Labute approximate surface area is 127 Å². The zero-order valence-electron chi connectivity index (χ0n) is 12.0. The molecule has 112 valence electrons. The van der Waals surface area contributed by atoms with Crippen molar-refractivity contribution in [1.29, 1.82) is 0 Å². The molecular weight excluding hydrogens is 292 g/mol. The third-order valence-corrected chi connectivity index (χ3v) is 4.06. The topological polar surface area (TPSA) is 71.1 Å². The standard InChI is InChI=1S/C14H17ClN4O2/c1-8-6-19(3-4-21-7-8)13-10-5-16-12(15)9(2)11(10)17-14(20)18-13/h5,8H,3-4,6-7H2,1-2H3,(H,17,18,20). The van der Waals surface area contributed by atoms with Crippen molar-refractivity contribution in [2.75, 3.05) is 31.2 Å². The SMILES string of the molecule is Cc1c(Cl)ncc2c(N3CCOCC(C)C3)nc(=O)[nH]c12. The number of nitrogens with zero attached hydrogens (tertiary/aromatic N) is 3. The second-order valence-corrected chi connectivity index (χ2v) is 5.81. The van der Waals surface area contributed by atoms with E-state index in [0.717, 1.165) is 24.1 Å². The Morgan fingerprint density at radius 2 is 2.33 bits per heavy atom. The molecule has 1 fully saturated rings. The van der Waals surface area contributed by atoms with Crippen LogP contribution in [0.15, 0.2) is 11.0 Å². The summed E-state index contributed by atoms with van der Waals surface area (Å²) < 4.78 is 5.55. The van der Waals surface area contributed by atoms with Gasteiger partial charge in [0.1, 0.15) is 11.0 Å². The van der Waals surface area contributed by atoms with Crippen LogP contribution in [-0.2, 0) is 4.74 Å². The van der Waals surface area contributed by atoms with Crippen LogP contribution in [0.1, 0.15) is 12.5 Å². The number of rotatable bonds is 1. The number of anilines is 1. The fourth-order valence-electron chi connectivity index (χ4n) is 2.62. The first-order chi connectivity index (χ1) is 10.1. The van der Waals surface area contributed by atoms with Gasteiger partial charge in [-0.1, -0.05) is 18.5 Å². The van der Waals surface area contributed by atoms with Crippen LogP contribution in [0.5, 0.6) is 0 Å². The predicted octanol–water partition coefficient (Wildman–Crippen LogP) is 1.75. The zero-order chi connectivity index (χ0) is 15.0. The lowest BCUT2D eigenvalue weighted by molar-refractivity contribution is 0.129. The molecule has 1 N–H and O–H groups in total. The Morgan fingerprint density at radius 3 is 3.14 bits per heavy atom. The summed E-state index contributed by atoms with van der Waals surface area (Å²) in [6.07, 6.45) is 1.67. The number of halogens is 1. The van der Waals surface area contributed by atoms with E-state index in [-0.39, 0.29) is 5.69 Å². The molecule has 21 heavy (non-hydrogen) atoms. The second-order valence-electron chi connectivity index (χ2n) is 5.45. The van der Waals surface area contributed by atoms with Gasteiger partial charge < -0.3 is 14.6 Å². The minimum absolute atomic E-state index is 0.374. The zero-order valence-corrected chi connectivity index (χ0v) is 12.8. The van der Waals surface area contributed by atoms with E-state index in [9.17, 15) is 4.79 Å². The van der Waals surface area contributed by atoms with E-state index in [1.165, 1.54) is 0 Å². The third-order valence-electron chi connectivity index (χ3n) is 3.68. The summed E-state index contributed by atoms with van der Waals surface area (Å²) in [7, 11) is 0. The maximum absolute atomic E-state index is 11.9. The van der Waals surface area contributed by atoms with Gasteiger partial charge in [0.05, 0.1) is 24.1 Å². The van der Waals surface area contributed by atoms with Crippen LogP contribution in [0.2, 0.25) is 5.15 Å². The molecule has 2 aromatic heterocycles. The van der Waals surface area contributed by atoms with E-state index in [0.29, 0.717) is 35.6 Å². The Bertz CT molecular complexity index is 731. The minimum Gasteiger partial charge on any atom is -0.379 e. The molecule has 0 radical (unpaired) electrons. The summed E-state index contributed by atoms with van der Waals surface area (Å²) in [5.41, 5.74) is 1.08. The molecule has 0 aliphatic carbocycles. The number of pyridine rings is 1. The number of aromatic nitrogens is 3. The van der Waals surface area contributed by atoms with Crippen molar-refractivity contribution >= 4 is 28.3 Å². The number of H-pyrrole nitrogens is 1. The normalized spacial score (nSPS) is 19.8. The molecule has 0 amide bonds.